The topological polar surface area (TPSA) is 57.8 Å². The Morgan fingerprint density at radius 3 is 2.46 bits per heavy atom. The van der Waals surface area contributed by atoms with E-state index >= 15 is 0 Å². The van der Waals surface area contributed by atoms with E-state index in [2.05, 4.69) is 26.9 Å². The number of halogens is 2. The number of nitrogens with one attached hydrogen (secondary N) is 1. The second-order valence-corrected chi connectivity index (χ2v) is 9.30. The molecule has 7 nitrogen and oxygen atoms in total. The van der Waals surface area contributed by atoms with Gasteiger partial charge in [-0.1, -0.05) is 0 Å². The number of hydrogen-bond acceptors (Lipinski definition) is 5. The summed E-state index contributed by atoms with van der Waals surface area (Å²) in [6.07, 6.45) is 4.68. The van der Waals surface area contributed by atoms with Crippen molar-refractivity contribution in [2.75, 3.05) is 19.0 Å². The summed E-state index contributed by atoms with van der Waals surface area (Å²) < 4.78 is 32.5. The maximum absolute atomic E-state index is 14.4. The molecule has 0 bridgehead atoms. The number of aryl methyl sites for hydroxylation is 2. The number of amidine groups is 1. The summed E-state index contributed by atoms with van der Waals surface area (Å²) in [4.78, 5) is 16.0. The van der Waals surface area contributed by atoms with Gasteiger partial charge in [-0.2, -0.15) is 5.10 Å². The highest BCUT2D eigenvalue weighted by Gasteiger charge is 2.33. The van der Waals surface area contributed by atoms with Gasteiger partial charge in [-0.3, -0.25) is 15.1 Å². The first kappa shape index (κ1) is 23.0. The lowest BCUT2D eigenvalue weighted by Gasteiger charge is -2.23. The third-order valence-corrected chi connectivity index (χ3v) is 6.88. The van der Waals surface area contributed by atoms with Crippen LogP contribution < -0.4 is 10.3 Å². The molecule has 2 aromatic carbocycles. The SMILES string of the molecule is CC(CCn1cc(N2C(c3cn(C)c4ccc(F)cc34)=NNC2C=O)c2cc(F)ccc21)N(C)C. The predicted octanol–water partition coefficient (Wildman–Crippen LogP) is 4.05. The number of carbonyl (C=O) groups is 1. The lowest BCUT2D eigenvalue weighted by Crippen LogP contribution is -2.41. The Labute approximate surface area is 202 Å². The molecule has 3 heterocycles. The number of hydrogen-bond donors (Lipinski definition) is 1. The van der Waals surface area contributed by atoms with Crippen LogP contribution in [0.1, 0.15) is 18.9 Å². The number of carbonyl (C=O) groups excluding carboxylic acids is 1. The number of rotatable bonds is 7. The molecule has 2 atom stereocenters. The normalized spacial score (nSPS) is 16.8. The molecule has 1 N–H and O–H groups in total. The monoisotopic (exact) mass is 478 g/mol. The Hall–Kier alpha value is -3.72. The standard InChI is InChI=1S/C26H28F2N6O/c1-16(31(2)3)9-10-33-14-24(20-12-18(28)6-8-23(20)33)34-25(15-35)29-30-26(34)21-13-32(4)22-7-5-17(27)11-19(21)22/h5-8,11-16,25,29H,9-10H2,1-4H3. The molecule has 0 saturated heterocycles. The number of hydrazone groups is 1. The Kier molecular flexibility index (Phi) is 5.80. The summed E-state index contributed by atoms with van der Waals surface area (Å²) in [6, 6.07) is 9.64. The molecule has 0 radical (unpaired) electrons. The van der Waals surface area contributed by atoms with E-state index in [1.54, 1.807) is 17.0 Å². The van der Waals surface area contributed by atoms with Crippen LogP contribution in [0.25, 0.3) is 21.8 Å². The minimum absolute atomic E-state index is 0.357. The Morgan fingerprint density at radius 1 is 1.09 bits per heavy atom. The van der Waals surface area contributed by atoms with E-state index in [-0.39, 0.29) is 11.6 Å². The van der Waals surface area contributed by atoms with Crippen LogP contribution >= 0.6 is 0 Å². The number of aldehydes is 1. The lowest BCUT2D eigenvalue weighted by molar-refractivity contribution is -0.109. The molecule has 2 aromatic heterocycles. The Morgan fingerprint density at radius 2 is 1.77 bits per heavy atom. The largest absolute Gasteiger partial charge is 0.350 e. The molecule has 1 aliphatic rings. The number of anilines is 1. The van der Waals surface area contributed by atoms with Gasteiger partial charge in [0.2, 0.25) is 0 Å². The molecular weight excluding hydrogens is 450 g/mol. The van der Waals surface area contributed by atoms with Gasteiger partial charge < -0.3 is 14.0 Å². The van der Waals surface area contributed by atoms with Gasteiger partial charge in [0.05, 0.1) is 11.2 Å². The third-order valence-electron chi connectivity index (χ3n) is 6.88. The summed E-state index contributed by atoms with van der Waals surface area (Å²) in [7, 11) is 5.96. The van der Waals surface area contributed by atoms with E-state index in [0.29, 0.717) is 33.9 Å². The fraction of sp³-hybridized carbons (Fsp3) is 0.308. The Balaban J connectivity index is 1.64. The fourth-order valence-corrected chi connectivity index (χ4v) is 4.67. The number of fused-ring (bicyclic) bond motifs is 2. The zero-order valence-electron chi connectivity index (χ0n) is 20.2. The van der Waals surface area contributed by atoms with Gasteiger partial charge in [0.25, 0.3) is 0 Å². The van der Waals surface area contributed by atoms with Gasteiger partial charge in [-0.05, 0) is 63.8 Å². The van der Waals surface area contributed by atoms with Crippen LogP contribution in [0.4, 0.5) is 14.5 Å². The molecule has 1 aliphatic heterocycles. The van der Waals surface area contributed by atoms with Crippen LogP contribution in [-0.2, 0) is 18.4 Å². The maximum Gasteiger partial charge on any atom is 0.177 e. The summed E-state index contributed by atoms with van der Waals surface area (Å²) in [6.45, 7) is 2.88. The lowest BCUT2D eigenvalue weighted by atomic mass is 10.1. The van der Waals surface area contributed by atoms with Gasteiger partial charge in [0, 0.05) is 53.9 Å². The van der Waals surface area contributed by atoms with E-state index in [4.69, 9.17) is 0 Å². The number of aromatic nitrogens is 2. The van der Waals surface area contributed by atoms with Crippen LogP contribution in [0.15, 0.2) is 53.9 Å². The molecule has 2 unspecified atom stereocenters. The Bertz CT molecular complexity index is 1450. The van der Waals surface area contributed by atoms with E-state index in [1.165, 1.54) is 24.3 Å². The molecular formula is C26H28F2N6O. The quantitative estimate of drug-likeness (QED) is 0.407. The van der Waals surface area contributed by atoms with Gasteiger partial charge in [-0.15, -0.1) is 0 Å². The maximum atomic E-state index is 14.4. The highest BCUT2D eigenvalue weighted by atomic mass is 19.1. The highest BCUT2D eigenvalue weighted by Crippen LogP contribution is 2.35. The fourth-order valence-electron chi connectivity index (χ4n) is 4.67. The molecule has 0 spiro atoms. The number of nitrogens with zero attached hydrogens (tertiary/aromatic N) is 5. The van der Waals surface area contributed by atoms with Crippen LogP contribution in [0, 0.1) is 11.6 Å². The van der Waals surface area contributed by atoms with Crippen molar-refractivity contribution in [1.29, 1.82) is 0 Å². The van der Waals surface area contributed by atoms with Crippen molar-refractivity contribution < 1.29 is 13.6 Å². The van der Waals surface area contributed by atoms with Crippen molar-refractivity contribution in [1.82, 2.24) is 19.5 Å². The van der Waals surface area contributed by atoms with Crippen LogP contribution in [0.3, 0.4) is 0 Å². The second kappa shape index (κ2) is 8.81. The van der Waals surface area contributed by atoms with Crippen molar-refractivity contribution in [2.24, 2.45) is 12.1 Å². The minimum atomic E-state index is -0.781. The highest BCUT2D eigenvalue weighted by molar-refractivity contribution is 6.21. The smallest absolute Gasteiger partial charge is 0.177 e. The molecule has 0 saturated carbocycles. The molecule has 0 fully saturated rings. The molecule has 182 valence electrons. The van der Waals surface area contributed by atoms with Gasteiger partial charge in [-0.25, -0.2) is 8.78 Å². The van der Waals surface area contributed by atoms with E-state index in [9.17, 15) is 13.6 Å². The molecule has 4 aromatic rings. The zero-order chi connectivity index (χ0) is 24.9. The van der Waals surface area contributed by atoms with Crippen molar-refractivity contribution in [2.45, 2.75) is 32.1 Å². The van der Waals surface area contributed by atoms with Gasteiger partial charge >= 0.3 is 0 Å². The van der Waals surface area contributed by atoms with Gasteiger partial charge in [0.1, 0.15) is 11.6 Å². The summed E-state index contributed by atoms with van der Waals surface area (Å²) in [5.41, 5.74) is 5.92. The van der Waals surface area contributed by atoms with Crippen molar-refractivity contribution in [3.63, 3.8) is 0 Å². The average Bonchev–Trinajstić information content (AvgIpc) is 3.49. The van der Waals surface area contributed by atoms with E-state index < -0.39 is 6.17 Å². The molecule has 5 rings (SSSR count). The summed E-state index contributed by atoms with van der Waals surface area (Å²) >= 11 is 0. The van der Waals surface area contributed by atoms with Crippen LogP contribution in [-0.4, -0.2) is 52.5 Å². The zero-order valence-corrected chi connectivity index (χ0v) is 20.2. The van der Waals surface area contributed by atoms with E-state index in [1.807, 2.05) is 38.1 Å². The van der Waals surface area contributed by atoms with Crippen LogP contribution in [0.2, 0.25) is 0 Å². The van der Waals surface area contributed by atoms with Crippen molar-refractivity contribution in [3.8, 4) is 0 Å². The summed E-state index contributed by atoms with van der Waals surface area (Å²) in [5, 5.41) is 5.82. The van der Waals surface area contributed by atoms with E-state index in [0.717, 1.165) is 30.3 Å². The average molecular weight is 479 g/mol. The summed E-state index contributed by atoms with van der Waals surface area (Å²) in [5.74, 6) is -0.245. The molecule has 9 heteroatoms. The number of benzene rings is 2. The first-order valence-corrected chi connectivity index (χ1v) is 11.6. The molecule has 0 amide bonds. The molecule has 0 aliphatic carbocycles. The van der Waals surface area contributed by atoms with Crippen LogP contribution in [0.5, 0.6) is 0 Å². The third kappa shape index (κ3) is 3.95. The first-order valence-electron chi connectivity index (χ1n) is 11.6. The van der Waals surface area contributed by atoms with Crippen molar-refractivity contribution in [3.05, 3.63) is 66.0 Å². The minimum Gasteiger partial charge on any atom is -0.350 e. The predicted molar refractivity (Wildman–Crippen MR) is 135 cm³/mol. The second-order valence-electron chi connectivity index (χ2n) is 9.30. The molecule has 35 heavy (non-hydrogen) atoms. The first-order chi connectivity index (χ1) is 16.8. The van der Waals surface area contributed by atoms with Crippen molar-refractivity contribution >= 4 is 39.6 Å². The van der Waals surface area contributed by atoms with Gasteiger partial charge in [0.15, 0.2) is 18.3 Å².